The Balaban J connectivity index is 1.86. The number of rotatable bonds is 9. The highest BCUT2D eigenvalue weighted by Crippen LogP contribution is 2.31. The van der Waals surface area contributed by atoms with Crippen molar-refractivity contribution in [2.75, 3.05) is 19.0 Å². The lowest BCUT2D eigenvalue weighted by atomic mass is 10.1. The van der Waals surface area contributed by atoms with Gasteiger partial charge in [0.05, 0.1) is 30.3 Å². The topological polar surface area (TPSA) is 141 Å². The smallest absolute Gasteiger partial charge is 0.343 e. The molecule has 0 radical (unpaired) electrons. The van der Waals surface area contributed by atoms with Gasteiger partial charge in [0.1, 0.15) is 23.1 Å². The van der Waals surface area contributed by atoms with Gasteiger partial charge < -0.3 is 19.5 Å². The number of esters is 1. The van der Waals surface area contributed by atoms with Gasteiger partial charge in [-0.25, -0.2) is 4.79 Å². The molecule has 3 aromatic rings. The van der Waals surface area contributed by atoms with Crippen molar-refractivity contribution < 1.29 is 28.7 Å². The maximum Gasteiger partial charge on any atom is 0.343 e. The molecule has 0 aliphatic rings. The quantitative estimate of drug-likeness (QED) is 0.114. The number of carbonyl (C=O) groups excluding carboxylic acids is 2. The number of benzene rings is 3. The third kappa shape index (κ3) is 6.24. The molecule has 10 heteroatoms. The molecular weight excluding hydrogens is 466 g/mol. The Hall–Kier alpha value is -5.17. The molecule has 0 atom stereocenters. The zero-order valence-corrected chi connectivity index (χ0v) is 19.4. The second-order valence-electron chi connectivity index (χ2n) is 7.16. The number of nitrogens with zero attached hydrogens (tertiary/aromatic N) is 2. The first-order valence-corrected chi connectivity index (χ1v) is 10.7. The van der Waals surface area contributed by atoms with E-state index in [1.54, 1.807) is 43.3 Å². The molecule has 3 aromatic carbocycles. The van der Waals surface area contributed by atoms with Gasteiger partial charge in [0.15, 0.2) is 11.5 Å². The Morgan fingerprint density at radius 1 is 1.08 bits per heavy atom. The average molecular weight is 487 g/mol. The maximum absolute atomic E-state index is 12.7. The molecule has 0 spiro atoms. The summed E-state index contributed by atoms with van der Waals surface area (Å²) in [4.78, 5) is 35.8. The number of ether oxygens (including phenoxy) is 3. The van der Waals surface area contributed by atoms with Crippen LogP contribution in [0.1, 0.15) is 22.8 Å². The number of hydrogen-bond donors (Lipinski definition) is 1. The Morgan fingerprint density at radius 3 is 2.47 bits per heavy atom. The molecule has 0 unspecified atom stereocenters. The number of amides is 1. The lowest BCUT2D eigenvalue weighted by Crippen LogP contribution is -2.14. The molecule has 1 N–H and O–H groups in total. The molecular formula is C26H21N3O7. The molecule has 0 aliphatic heterocycles. The molecule has 3 rings (SSSR count). The van der Waals surface area contributed by atoms with Crippen LogP contribution in [0.5, 0.6) is 17.2 Å². The van der Waals surface area contributed by atoms with Crippen LogP contribution in [0.3, 0.4) is 0 Å². The highest BCUT2D eigenvalue weighted by molar-refractivity contribution is 6.10. The van der Waals surface area contributed by atoms with Gasteiger partial charge in [-0.05, 0) is 55.0 Å². The number of methoxy groups -OCH3 is 1. The molecule has 182 valence electrons. The van der Waals surface area contributed by atoms with Crippen LogP contribution in [0.25, 0.3) is 6.08 Å². The summed E-state index contributed by atoms with van der Waals surface area (Å²) >= 11 is 0. The Bertz CT molecular complexity index is 1360. The predicted octanol–water partition coefficient (Wildman–Crippen LogP) is 4.77. The molecule has 0 bridgehead atoms. The molecule has 0 aliphatic carbocycles. The van der Waals surface area contributed by atoms with E-state index in [0.717, 1.165) is 6.07 Å². The van der Waals surface area contributed by atoms with Crippen molar-refractivity contribution in [3.63, 3.8) is 0 Å². The summed E-state index contributed by atoms with van der Waals surface area (Å²) in [5.41, 5.74) is -0.0150. The van der Waals surface area contributed by atoms with Gasteiger partial charge in [0.2, 0.25) is 0 Å². The number of hydrogen-bond acceptors (Lipinski definition) is 8. The van der Waals surface area contributed by atoms with E-state index < -0.39 is 16.8 Å². The Kier molecular flexibility index (Phi) is 8.35. The van der Waals surface area contributed by atoms with Crippen LogP contribution < -0.4 is 19.5 Å². The summed E-state index contributed by atoms with van der Waals surface area (Å²) in [7, 11) is 1.36. The lowest BCUT2D eigenvalue weighted by molar-refractivity contribution is -0.384. The van der Waals surface area contributed by atoms with E-state index in [0.29, 0.717) is 11.1 Å². The average Bonchev–Trinajstić information content (AvgIpc) is 2.89. The van der Waals surface area contributed by atoms with Crippen molar-refractivity contribution in [2.24, 2.45) is 0 Å². The van der Waals surface area contributed by atoms with E-state index in [9.17, 15) is 25.0 Å². The molecule has 10 nitrogen and oxygen atoms in total. The Labute approximate surface area is 206 Å². The number of nitriles is 1. The van der Waals surface area contributed by atoms with Crippen LogP contribution in [-0.2, 0) is 4.79 Å². The first-order chi connectivity index (χ1) is 17.4. The van der Waals surface area contributed by atoms with E-state index in [1.807, 2.05) is 0 Å². The van der Waals surface area contributed by atoms with Gasteiger partial charge >= 0.3 is 5.97 Å². The number of nitrogens with one attached hydrogen (secondary N) is 1. The normalized spacial score (nSPS) is 10.6. The van der Waals surface area contributed by atoms with Gasteiger partial charge in [0.25, 0.3) is 11.6 Å². The second-order valence-corrected chi connectivity index (χ2v) is 7.16. The fraction of sp³-hybridized carbons (Fsp3) is 0.115. The molecule has 36 heavy (non-hydrogen) atoms. The fourth-order valence-electron chi connectivity index (χ4n) is 3.10. The summed E-state index contributed by atoms with van der Waals surface area (Å²) in [5, 5.41) is 23.3. The van der Waals surface area contributed by atoms with Gasteiger partial charge in [-0.1, -0.05) is 24.3 Å². The first-order valence-electron chi connectivity index (χ1n) is 10.7. The standard InChI is InChI=1S/C26H21N3O7/c1-3-35-24-14-17(9-12-23(24)36-26(31)18-7-5-4-6-8-18)13-19(16-27)25(30)28-21-11-10-20(34-2)15-22(21)29(32)33/h4-15H,3H2,1-2H3,(H,28,30)/b19-13+. The minimum atomic E-state index is -0.844. The van der Waals surface area contributed by atoms with Gasteiger partial charge in [-0.3, -0.25) is 14.9 Å². The maximum atomic E-state index is 12.7. The van der Waals surface area contributed by atoms with Gasteiger partial charge in [-0.15, -0.1) is 0 Å². The minimum Gasteiger partial charge on any atom is -0.496 e. The summed E-state index contributed by atoms with van der Waals surface area (Å²) in [6.45, 7) is 2.02. The SMILES string of the molecule is CCOc1cc(/C=C(\C#N)C(=O)Nc2ccc(OC)cc2[N+](=O)[O-])ccc1OC(=O)c1ccccc1. The van der Waals surface area contributed by atoms with Crippen LogP contribution in [0.4, 0.5) is 11.4 Å². The van der Waals surface area contributed by atoms with E-state index in [4.69, 9.17) is 14.2 Å². The summed E-state index contributed by atoms with van der Waals surface area (Å²) in [6, 6.07) is 18.7. The number of anilines is 1. The minimum absolute atomic E-state index is 0.0925. The van der Waals surface area contributed by atoms with Crippen LogP contribution in [-0.4, -0.2) is 30.5 Å². The molecule has 0 fully saturated rings. The highest BCUT2D eigenvalue weighted by Gasteiger charge is 2.20. The number of carbonyl (C=O) groups is 2. The number of nitro benzene ring substituents is 1. The van der Waals surface area contributed by atoms with Crippen molar-refractivity contribution >= 4 is 29.3 Å². The second kappa shape index (κ2) is 11.8. The highest BCUT2D eigenvalue weighted by atomic mass is 16.6. The monoisotopic (exact) mass is 487 g/mol. The van der Waals surface area contributed by atoms with Crippen molar-refractivity contribution in [3.8, 4) is 23.3 Å². The predicted molar refractivity (Wildman–Crippen MR) is 131 cm³/mol. The van der Waals surface area contributed by atoms with E-state index >= 15 is 0 Å². The molecule has 1 amide bonds. The summed E-state index contributed by atoms with van der Waals surface area (Å²) in [5.74, 6) is -0.771. The molecule has 0 heterocycles. The molecule has 0 saturated carbocycles. The fourth-order valence-corrected chi connectivity index (χ4v) is 3.10. The summed E-state index contributed by atoms with van der Waals surface area (Å²) < 4.78 is 16.0. The van der Waals surface area contributed by atoms with Gasteiger partial charge in [-0.2, -0.15) is 5.26 Å². The lowest BCUT2D eigenvalue weighted by Gasteiger charge is -2.12. The van der Waals surface area contributed by atoms with E-state index in [-0.39, 0.29) is 40.8 Å². The number of nitro groups is 1. The van der Waals surface area contributed by atoms with E-state index in [1.165, 1.54) is 43.5 Å². The van der Waals surface area contributed by atoms with Gasteiger partial charge in [0, 0.05) is 0 Å². The Morgan fingerprint density at radius 2 is 1.83 bits per heavy atom. The third-order valence-corrected chi connectivity index (χ3v) is 4.81. The summed E-state index contributed by atoms with van der Waals surface area (Å²) in [6.07, 6.45) is 1.29. The van der Waals surface area contributed by atoms with Crippen molar-refractivity contribution in [2.45, 2.75) is 6.92 Å². The molecule has 0 saturated heterocycles. The van der Waals surface area contributed by atoms with Crippen molar-refractivity contribution in [1.29, 1.82) is 5.26 Å². The van der Waals surface area contributed by atoms with Crippen molar-refractivity contribution in [1.82, 2.24) is 0 Å². The largest absolute Gasteiger partial charge is 0.496 e. The third-order valence-electron chi connectivity index (χ3n) is 4.81. The molecule has 0 aromatic heterocycles. The van der Waals surface area contributed by atoms with Crippen LogP contribution in [0.15, 0.2) is 72.3 Å². The zero-order chi connectivity index (χ0) is 26.1. The first kappa shape index (κ1) is 25.5. The van der Waals surface area contributed by atoms with Crippen LogP contribution in [0, 0.1) is 21.4 Å². The zero-order valence-electron chi connectivity index (χ0n) is 19.4. The van der Waals surface area contributed by atoms with Crippen molar-refractivity contribution in [3.05, 3.63) is 93.5 Å². The van der Waals surface area contributed by atoms with Crippen LogP contribution in [0.2, 0.25) is 0 Å². The van der Waals surface area contributed by atoms with E-state index in [2.05, 4.69) is 5.32 Å². The van der Waals surface area contributed by atoms with Crippen LogP contribution >= 0.6 is 0 Å².